The Morgan fingerprint density at radius 1 is 1.62 bits per heavy atom. The van der Waals surface area contributed by atoms with Gasteiger partial charge in [-0.2, -0.15) is 0 Å². The quantitative estimate of drug-likeness (QED) is 0.384. The third kappa shape index (κ3) is 5.30. The van der Waals surface area contributed by atoms with Gasteiger partial charge in [0.1, 0.15) is 0 Å². The van der Waals surface area contributed by atoms with Gasteiger partial charge in [0, 0.05) is 0 Å². The summed E-state index contributed by atoms with van der Waals surface area (Å²) in [6.45, 7) is 2.17. The maximum Gasteiger partial charge on any atom is -0.0162 e. The lowest BCUT2D eigenvalue weighted by Gasteiger charge is -1.83. The molecule has 0 rings (SSSR count). The number of allylic oxidation sites excluding steroid dienone is 2. The zero-order chi connectivity index (χ0) is 6.24. The van der Waals surface area contributed by atoms with Crippen LogP contribution in [0.15, 0.2) is 12.2 Å². The molecule has 44 valence electrons. The Morgan fingerprint density at radius 3 is 2.88 bits per heavy atom. The molecule has 0 aromatic carbocycles. The van der Waals surface area contributed by atoms with Crippen molar-refractivity contribution in [3.8, 4) is 12.3 Å². The molecule has 0 atom stereocenters. The summed E-state index contributed by atoms with van der Waals surface area (Å²) in [5.74, 6) is 2.45. The van der Waals surface area contributed by atoms with E-state index < -0.39 is 0 Å². The van der Waals surface area contributed by atoms with Crippen LogP contribution in [0.1, 0.15) is 26.2 Å². The van der Waals surface area contributed by atoms with E-state index in [0.717, 1.165) is 6.42 Å². The number of rotatable bonds is 3. The minimum absolute atomic E-state index is 1.13. The van der Waals surface area contributed by atoms with Crippen LogP contribution in [0, 0.1) is 12.3 Å². The zero-order valence-corrected chi connectivity index (χ0v) is 5.35. The van der Waals surface area contributed by atoms with E-state index in [1.165, 1.54) is 12.8 Å². The molecule has 0 saturated carbocycles. The van der Waals surface area contributed by atoms with Gasteiger partial charge in [0.05, 0.1) is 0 Å². The first-order chi connectivity index (χ1) is 3.91. The Morgan fingerprint density at radius 2 is 2.38 bits per heavy atom. The summed E-state index contributed by atoms with van der Waals surface area (Å²) < 4.78 is 0. The van der Waals surface area contributed by atoms with Crippen molar-refractivity contribution >= 4 is 0 Å². The average molecular weight is 108 g/mol. The van der Waals surface area contributed by atoms with Crippen molar-refractivity contribution in [1.82, 2.24) is 0 Å². The highest BCUT2D eigenvalue weighted by Crippen LogP contribution is 1.93. The molecule has 0 heterocycles. The first-order valence-corrected chi connectivity index (χ1v) is 3.03. The lowest BCUT2D eigenvalue weighted by molar-refractivity contribution is 0.815. The summed E-state index contributed by atoms with van der Waals surface area (Å²) in [4.78, 5) is 0. The van der Waals surface area contributed by atoms with E-state index in [0.29, 0.717) is 0 Å². The van der Waals surface area contributed by atoms with Crippen molar-refractivity contribution in [3.05, 3.63) is 12.2 Å². The van der Waals surface area contributed by atoms with Crippen LogP contribution in [-0.2, 0) is 0 Å². The van der Waals surface area contributed by atoms with Crippen molar-refractivity contribution < 1.29 is 0 Å². The molecule has 0 nitrogen and oxygen atoms in total. The van der Waals surface area contributed by atoms with E-state index in [1.807, 2.05) is 6.08 Å². The normalized spacial score (nSPS) is 9.50. The SMILES string of the molecule is C#CC=CCCCC. The third-order valence-corrected chi connectivity index (χ3v) is 0.938. The van der Waals surface area contributed by atoms with Gasteiger partial charge in [-0.1, -0.05) is 31.8 Å². The van der Waals surface area contributed by atoms with Crippen molar-refractivity contribution in [2.75, 3.05) is 0 Å². The molecule has 0 heteroatoms. The van der Waals surface area contributed by atoms with Gasteiger partial charge in [-0.05, 0) is 12.5 Å². The highest BCUT2D eigenvalue weighted by Gasteiger charge is 1.73. The Bertz CT molecular complexity index is 93.1. The summed E-state index contributed by atoms with van der Waals surface area (Å²) >= 11 is 0. The van der Waals surface area contributed by atoms with Crippen LogP contribution >= 0.6 is 0 Å². The van der Waals surface area contributed by atoms with Gasteiger partial charge < -0.3 is 0 Å². The van der Waals surface area contributed by atoms with Crippen LogP contribution in [0.4, 0.5) is 0 Å². The fraction of sp³-hybridized carbons (Fsp3) is 0.500. The average Bonchev–Trinajstić information content (AvgIpc) is 1.81. The lowest BCUT2D eigenvalue weighted by atomic mass is 10.2. The fourth-order valence-corrected chi connectivity index (χ4v) is 0.473. The fourth-order valence-electron chi connectivity index (χ4n) is 0.473. The smallest absolute Gasteiger partial charge is 0.0162 e. The minimum atomic E-state index is 1.13. The van der Waals surface area contributed by atoms with Gasteiger partial charge in [0.15, 0.2) is 0 Å². The third-order valence-electron chi connectivity index (χ3n) is 0.938. The van der Waals surface area contributed by atoms with Gasteiger partial charge >= 0.3 is 0 Å². The molecular formula is C8H12. The molecule has 0 aromatic rings. The van der Waals surface area contributed by atoms with Gasteiger partial charge in [-0.15, -0.1) is 6.42 Å². The minimum Gasteiger partial charge on any atom is -0.115 e. The van der Waals surface area contributed by atoms with Crippen LogP contribution in [0.3, 0.4) is 0 Å². The van der Waals surface area contributed by atoms with E-state index in [2.05, 4.69) is 12.8 Å². The second-order valence-electron chi connectivity index (χ2n) is 1.71. The zero-order valence-electron chi connectivity index (χ0n) is 5.35. The molecule has 0 spiro atoms. The largest absolute Gasteiger partial charge is 0.115 e. The van der Waals surface area contributed by atoms with Crippen LogP contribution in [0.25, 0.3) is 0 Å². The van der Waals surface area contributed by atoms with Crippen LogP contribution in [-0.4, -0.2) is 0 Å². The Balaban J connectivity index is 2.94. The summed E-state index contributed by atoms with van der Waals surface area (Å²) in [6.07, 6.45) is 12.4. The molecule has 0 radical (unpaired) electrons. The first kappa shape index (κ1) is 7.30. The van der Waals surface area contributed by atoms with E-state index in [-0.39, 0.29) is 0 Å². The van der Waals surface area contributed by atoms with E-state index in [9.17, 15) is 0 Å². The molecule has 0 aromatic heterocycles. The maximum absolute atomic E-state index is 4.97. The summed E-state index contributed by atoms with van der Waals surface area (Å²) in [5.41, 5.74) is 0. The molecule has 0 fully saturated rings. The molecule has 0 aliphatic carbocycles. The highest BCUT2D eigenvalue weighted by atomic mass is 13.8. The summed E-state index contributed by atoms with van der Waals surface area (Å²) in [7, 11) is 0. The van der Waals surface area contributed by atoms with Crippen LogP contribution < -0.4 is 0 Å². The van der Waals surface area contributed by atoms with Crippen molar-refractivity contribution in [2.24, 2.45) is 0 Å². The standard InChI is InChI=1S/C8H12/c1-3-5-7-8-6-4-2/h1,5,7H,4,6,8H2,2H3. The molecule has 0 amide bonds. The van der Waals surface area contributed by atoms with Crippen LogP contribution in [0.2, 0.25) is 0 Å². The monoisotopic (exact) mass is 108 g/mol. The summed E-state index contributed by atoms with van der Waals surface area (Å²) in [6, 6.07) is 0. The molecule has 0 N–H and O–H groups in total. The molecule has 0 saturated heterocycles. The molecule has 8 heavy (non-hydrogen) atoms. The Kier molecular flexibility index (Phi) is 5.75. The predicted molar refractivity (Wildman–Crippen MR) is 37.5 cm³/mol. The van der Waals surface area contributed by atoms with E-state index in [4.69, 9.17) is 6.42 Å². The topological polar surface area (TPSA) is 0 Å². The number of hydrogen-bond donors (Lipinski definition) is 0. The molecule has 0 aliphatic heterocycles. The number of terminal acetylenes is 1. The van der Waals surface area contributed by atoms with Crippen molar-refractivity contribution in [1.29, 1.82) is 0 Å². The molecular weight excluding hydrogens is 96.1 g/mol. The first-order valence-electron chi connectivity index (χ1n) is 3.03. The van der Waals surface area contributed by atoms with E-state index >= 15 is 0 Å². The molecule has 0 aliphatic rings. The second kappa shape index (κ2) is 6.30. The molecule has 0 bridgehead atoms. The number of unbranched alkanes of at least 4 members (excludes halogenated alkanes) is 2. The van der Waals surface area contributed by atoms with Crippen molar-refractivity contribution in [3.63, 3.8) is 0 Å². The van der Waals surface area contributed by atoms with Crippen LogP contribution in [0.5, 0.6) is 0 Å². The van der Waals surface area contributed by atoms with Crippen molar-refractivity contribution in [2.45, 2.75) is 26.2 Å². The second-order valence-corrected chi connectivity index (χ2v) is 1.71. The van der Waals surface area contributed by atoms with Gasteiger partial charge in [0.25, 0.3) is 0 Å². The Labute approximate surface area is 51.6 Å². The predicted octanol–water partition coefficient (Wildman–Crippen LogP) is 2.37. The lowest BCUT2D eigenvalue weighted by Crippen LogP contribution is -1.64. The molecule has 0 unspecified atom stereocenters. The maximum atomic E-state index is 4.97. The number of hydrogen-bond acceptors (Lipinski definition) is 0. The highest BCUT2D eigenvalue weighted by molar-refractivity contribution is 5.08. The van der Waals surface area contributed by atoms with Gasteiger partial charge in [-0.3, -0.25) is 0 Å². The Hall–Kier alpha value is -0.700. The summed E-state index contributed by atoms with van der Waals surface area (Å²) in [5, 5.41) is 0. The van der Waals surface area contributed by atoms with Gasteiger partial charge in [-0.25, -0.2) is 0 Å². The van der Waals surface area contributed by atoms with E-state index in [1.54, 1.807) is 6.08 Å². The van der Waals surface area contributed by atoms with Gasteiger partial charge in [0.2, 0.25) is 0 Å².